The van der Waals surface area contributed by atoms with Gasteiger partial charge in [0, 0.05) is 22.7 Å². The Bertz CT molecular complexity index is 1340. The van der Waals surface area contributed by atoms with Crippen LogP contribution in [0, 0.1) is 10.1 Å². The van der Waals surface area contributed by atoms with Gasteiger partial charge in [0.25, 0.3) is 16.8 Å². The first-order chi connectivity index (χ1) is 16.7. The van der Waals surface area contributed by atoms with Crippen LogP contribution in [0.5, 0.6) is 5.75 Å². The highest BCUT2D eigenvalue weighted by atomic mass is 79.9. The topological polar surface area (TPSA) is 89.8 Å². The molecule has 178 valence electrons. The Morgan fingerprint density at radius 3 is 2.43 bits per heavy atom. The molecule has 11 heteroatoms. The lowest BCUT2D eigenvalue weighted by molar-refractivity contribution is -0.384. The van der Waals surface area contributed by atoms with Gasteiger partial charge < -0.3 is 4.74 Å². The minimum absolute atomic E-state index is 0.0132. The van der Waals surface area contributed by atoms with Crippen molar-refractivity contribution in [2.75, 3.05) is 0 Å². The summed E-state index contributed by atoms with van der Waals surface area (Å²) in [5.41, 5.74) is 1.95. The summed E-state index contributed by atoms with van der Waals surface area (Å²) >= 11 is 16.9. The number of ether oxygens (including phenoxy) is 1. The van der Waals surface area contributed by atoms with Gasteiger partial charge in [-0.15, -0.1) is 0 Å². The van der Waals surface area contributed by atoms with Gasteiger partial charge in [0.15, 0.2) is 5.75 Å². The van der Waals surface area contributed by atoms with E-state index in [1.807, 2.05) is 18.2 Å². The molecule has 0 unspecified atom stereocenters. The fourth-order valence-corrected chi connectivity index (χ4v) is 5.28. The van der Waals surface area contributed by atoms with Crippen molar-refractivity contribution in [2.24, 2.45) is 0 Å². The third-order valence-corrected chi connectivity index (χ3v) is 7.16. The van der Waals surface area contributed by atoms with Crippen molar-refractivity contribution in [1.29, 1.82) is 0 Å². The molecule has 2 amide bonds. The molecule has 3 aromatic carbocycles. The molecule has 0 N–H and O–H groups in total. The number of rotatable bonds is 7. The second-order valence-electron chi connectivity index (χ2n) is 7.39. The molecule has 1 aliphatic rings. The number of non-ortho nitro benzene ring substituents is 1. The molecule has 1 aliphatic heterocycles. The molecule has 0 aromatic heterocycles. The highest BCUT2D eigenvalue weighted by Crippen LogP contribution is 2.38. The number of hydrogen-bond donors (Lipinski definition) is 0. The number of nitro groups is 1. The number of thioether (sulfide) groups is 1. The largest absolute Gasteiger partial charge is 0.486 e. The molecular weight excluding hydrogens is 579 g/mol. The molecule has 7 nitrogen and oxygen atoms in total. The summed E-state index contributed by atoms with van der Waals surface area (Å²) in [7, 11) is 0. The SMILES string of the molecule is O=C1S/C(=C\c2cc(Cl)c(OCc3ccccc3Cl)c(Br)c2)C(=O)N1Cc1ccc([N+](=O)[O-])cc1. The van der Waals surface area contributed by atoms with Crippen LogP contribution >= 0.6 is 50.9 Å². The quantitative estimate of drug-likeness (QED) is 0.160. The number of benzene rings is 3. The van der Waals surface area contributed by atoms with E-state index in [0.29, 0.717) is 31.4 Å². The molecule has 0 bridgehead atoms. The van der Waals surface area contributed by atoms with Gasteiger partial charge in [0.1, 0.15) is 6.61 Å². The lowest BCUT2D eigenvalue weighted by Crippen LogP contribution is -2.27. The molecule has 1 heterocycles. The minimum atomic E-state index is -0.511. The predicted molar refractivity (Wildman–Crippen MR) is 140 cm³/mol. The Morgan fingerprint density at radius 1 is 1.06 bits per heavy atom. The summed E-state index contributed by atoms with van der Waals surface area (Å²) in [5.74, 6) is -0.0281. The Hall–Kier alpha value is -2.85. The summed E-state index contributed by atoms with van der Waals surface area (Å²) in [6.07, 6.45) is 1.58. The Morgan fingerprint density at radius 2 is 1.77 bits per heavy atom. The van der Waals surface area contributed by atoms with Gasteiger partial charge in [0.2, 0.25) is 0 Å². The number of imide groups is 1. The standard InChI is InChI=1S/C24H15BrCl2N2O5S/c25-18-9-15(10-20(27)22(18)34-13-16-3-1-2-4-19(16)26)11-21-23(30)28(24(31)35-21)12-14-5-7-17(8-6-14)29(32)33/h1-11H,12-13H2/b21-11-. The molecule has 0 aliphatic carbocycles. The minimum Gasteiger partial charge on any atom is -0.486 e. The Kier molecular flexibility index (Phi) is 7.81. The van der Waals surface area contributed by atoms with Crippen molar-refractivity contribution < 1.29 is 19.2 Å². The maximum atomic E-state index is 12.9. The monoisotopic (exact) mass is 592 g/mol. The number of nitro benzene ring substituents is 1. The first kappa shape index (κ1) is 25.2. The van der Waals surface area contributed by atoms with E-state index in [0.717, 1.165) is 22.2 Å². The lowest BCUT2D eigenvalue weighted by atomic mass is 10.2. The van der Waals surface area contributed by atoms with Gasteiger partial charge in [-0.2, -0.15) is 0 Å². The van der Waals surface area contributed by atoms with Crippen molar-refractivity contribution in [1.82, 2.24) is 4.90 Å². The van der Waals surface area contributed by atoms with Crippen LogP contribution in [-0.4, -0.2) is 21.0 Å². The highest BCUT2D eigenvalue weighted by Gasteiger charge is 2.35. The second-order valence-corrected chi connectivity index (χ2v) is 10.0. The van der Waals surface area contributed by atoms with E-state index >= 15 is 0 Å². The average Bonchev–Trinajstić information content (AvgIpc) is 3.07. The Balaban J connectivity index is 1.49. The summed E-state index contributed by atoms with van der Waals surface area (Å²) in [5, 5.41) is 11.3. The van der Waals surface area contributed by atoms with E-state index in [9.17, 15) is 19.7 Å². The molecule has 4 rings (SSSR count). The van der Waals surface area contributed by atoms with Crippen molar-refractivity contribution in [3.63, 3.8) is 0 Å². The maximum Gasteiger partial charge on any atom is 0.293 e. The van der Waals surface area contributed by atoms with Crippen LogP contribution in [0.3, 0.4) is 0 Å². The molecule has 0 spiro atoms. The molecule has 3 aromatic rings. The molecule has 0 saturated carbocycles. The number of nitrogens with zero attached hydrogens (tertiary/aromatic N) is 2. The van der Waals surface area contributed by atoms with Gasteiger partial charge in [-0.25, -0.2) is 0 Å². The third-order valence-electron chi connectivity index (χ3n) is 5.01. The van der Waals surface area contributed by atoms with Gasteiger partial charge in [-0.1, -0.05) is 53.5 Å². The molecule has 1 saturated heterocycles. The lowest BCUT2D eigenvalue weighted by Gasteiger charge is -2.13. The normalized spacial score (nSPS) is 14.6. The van der Waals surface area contributed by atoms with Gasteiger partial charge in [-0.3, -0.25) is 24.6 Å². The van der Waals surface area contributed by atoms with Crippen molar-refractivity contribution >= 4 is 73.8 Å². The summed E-state index contributed by atoms with van der Waals surface area (Å²) < 4.78 is 6.42. The average molecular weight is 594 g/mol. The van der Waals surface area contributed by atoms with Crippen LogP contribution < -0.4 is 4.74 Å². The van der Waals surface area contributed by atoms with Gasteiger partial charge >= 0.3 is 0 Å². The fourth-order valence-electron chi connectivity index (χ4n) is 3.26. The van der Waals surface area contributed by atoms with Crippen LogP contribution in [-0.2, 0) is 17.9 Å². The van der Waals surface area contributed by atoms with Crippen LogP contribution in [0.2, 0.25) is 10.0 Å². The van der Waals surface area contributed by atoms with E-state index in [-0.39, 0.29) is 23.7 Å². The van der Waals surface area contributed by atoms with E-state index in [4.69, 9.17) is 27.9 Å². The summed E-state index contributed by atoms with van der Waals surface area (Å²) in [6, 6.07) is 16.4. The Labute approximate surface area is 222 Å². The smallest absolute Gasteiger partial charge is 0.293 e. The number of carbonyl (C=O) groups is 2. The van der Waals surface area contributed by atoms with E-state index < -0.39 is 16.1 Å². The van der Waals surface area contributed by atoms with Gasteiger partial charge in [-0.05, 0) is 63.1 Å². The highest BCUT2D eigenvalue weighted by molar-refractivity contribution is 9.10. The van der Waals surface area contributed by atoms with Crippen LogP contribution in [0.25, 0.3) is 6.08 Å². The molecule has 0 radical (unpaired) electrons. The second kappa shape index (κ2) is 10.8. The zero-order chi connectivity index (χ0) is 25.1. The van der Waals surface area contributed by atoms with Gasteiger partial charge in [0.05, 0.1) is 25.9 Å². The summed E-state index contributed by atoms with van der Waals surface area (Å²) in [4.78, 5) is 36.9. The van der Waals surface area contributed by atoms with E-state index in [1.54, 1.807) is 24.3 Å². The van der Waals surface area contributed by atoms with Crippen molar-refractivity contribution in [3.8, 4) is 5.75 Å². The maximum absolute atomic E-state index is 12.9. The molecule has 1 fully saturated rings. The molecule has 35 heavy (non-hydrogen) atoms. The van der Waals surface area contributed by atoms with Crippen LogP contribution in [0.15, 0.2) is 70.0 Å². The molecule has 0 atom stereocenters. The number of carbonyl (C=O) groups excluding carboxylic acids is 2. The molecular formula is C24H15BrCl2N2O5S. The van der Waals surface area contributed by atoms with Crippen LogP contribution in [0.4, 0.5) is 10.5 Å². The first-order valence-electron chi connectivity index (χ1n) is 10.1. The van der Waals surface area contributed by atoms with E-state index in [2.05, 4.69) is 15.9 Å². The van der Waals surface area contributed by atoms with E-state index in [1.165, 1.54) is 24.3 Å². The third kappa shape index (κ3) is 5.87. The first-order valence-corrected chi connectivity index (χ1v) is 12.4. The van der Waals surface area contributed by atoms with Crippen molar-refractivity contribution in [2.45, 2.75) is 13.2 Å². The zero-order valence-electron chi connectivity index (χ0n) is 17.7. The predicted octanol–water partition coefficient (Wildman–Crippen LogP) is 7.48. The summed E-state index contributed by atoms with van der Waals surface area (Å²) in [6.45, 7) is 0.234. The number of hydrogen-bond acceptors (Lipinski definition) is 6. The zero-order valence-corrected chi connectivity index (χ0v) is 21.7. The van der Waals surface area contributed by atoms with Crippen molar-refractivity contribution in [3.05, 3.63) is 107 Å². The number of amides is 2. The number of halogens is 3. The van der Waals surface area contributed by atoms with Crippen LogP contribution in [0.1, 0.15) is 16.7 Å². The fraction of sp³-hybridized carbons (Fsp3) is 0.0833.